The van der Waals surface area contributed by atoms with Crippen molar-refractivity contribution in [3.05, 3.63) is 0 Å². The third-order valence-corrected chi connectivity index (χ3v) is 7.99. The summed E-state index contributed by atoms with van der Waals surface area (Å²) in [5.74, 6) is 0.467. The number of nitrogens with zero attached hydrogens (tertiary/aromatic N) is 1. The average molecular weight is 603 g/mol. The van der Waals surface area contributed by atoms with Gasteiger partial charge in [-0.15, -0.1) is 0 Å². The van der Waals surface area contributed by atoms with E-state index < -0.39 is 0 Å². The Hall–Kier alpha value is -0.340. The first-order valence-electron chi connectivity index (χ1n) is 17.5. The molecule has 0 fully saturated rings. The Labute approximate surface area is 261 Å². The fourth-order valence-corrected chi connectivity index (χ4v) is 5.20. The summed E-state index contributed by atoms with van der Waals surface area (Å²) in [5.41, 5.74) is 0. The highest BCUT2D eigenvalue weighted by molar-refractivity contribution is 7.78. The monoisotopic (exact) mass is 603 g/mol. The number of hydrogen-bond donors (Lipinski definition) is 2. The van der Waals surface area contributed by atoms with Gasteiger partial charge in [0.2, 0.25) is 0 Å². The molecule has 1 atom stereocenters. The molecule has 0 aliphatic carbocycles. The molecule has 0 aliphatic rings. The van der Waals surface area contributed by atoms with Gasteiger partial charge in [-0.25, -0.2) is 0 Å². The summed E-state index contributed by atoms with van der Waals surface area (Å²) in [6.45, 7) is 13.8. The van der Waals surface area contributed by atoms with Crippen molar-refractivity contribution >= 4 is 18.8 Å². The van der Waals surface area contributed by atoms with Gasteiger partial charge in [0.05, 0.1) is 6.61 Å². The second-order valence-corrected chi connectivity index (χ2v) is 12.3. The molecule has 0 heterocycles. The lowest BCUT2D eigenvalue weighted by molar-refractivity contribution is -0.145. The molecule has 0 aliphatic heterocycles. The number of ether oxygens (including phenoxy) is 3. The molecule has 6 nitrogen and oxygen atoms in total. The summed E-state index contributed by atoms with van der Waals surface area (Å²) in [6, 6.07) is 0. The van der Waals surface area contributed by atoms with E-state index in [2.05, 4.69) is 43.2 Å². The smallest absolute Gasteiger partial charge is 0.305 e. The third-order valence-electron chi connectivity index (χ3n) is 7.77. The van der Waals surface area contributed by atoms with Crippen LogP contribution in [-0.2, 0) is 19.0 Å². The molecule has 0 spiro atoms. The fourth-order valence-electron chi connectivity index (χ4n) is 5.04. The van der Waals surface area contributed by atoms with Gasteiger partial charge in [0, 0.05) is 26.2 Å². The van der Waals surface area contributed by atoms with E-state index in [0.717, 1.165) is 65.0 Å². The highest BCUT2D eigenvalue weighted by Crippen LogP contribution is 2.13. The Morgan fingerprint density at radius 3 is 1.83 bits per heavy atom. The number of unbranched alkanes of at least 4 members (excludes halogenated alkanes) is 14. The minimum Gasteiger partial charge on any atom is -0.465 e. The van der Waals surface area contributed by atoms with Crippen molar-refractivity contribution in [2.24, 2.45) is 5.92 Å². The van der Waals surface area contributed by atoms with Crippen molar-refractivity contribution in [1.82, 2.24) is 9.62 Å². The highest BCUT2D eigenvalue weighted by Gasteiger charge is 2.08. The van der Waals surface area contributed by atoms with Gasteiger partial charge in [-0.3, -0.25) is 9.52 Å². The van der Waals surface area contributed by atoms with Crippen molar-refractivity contribution < 1.29 is 19.0 Å². The summed E-state index contributed by atoms with van der Waals surface area (Å²) in [7, 11) is 0. The number of carbonyl (C=O) groups is 1. The van der Waals surface area contributed by atoms with E-state index in [4.69, 9.17) is 14.2 Å². The maximum atomic E-state index is 12.1. The minimum atomic E-state index is -0.0126. The van der Waals surface area contributed by atoms with Crippen LogP contribution < -0.4 is 4.72 Å². The fraction of sp³-hybridized carbons (Fsp3) is 0.971. The number of thiol groups is 1. The summed E-state index contributed by atoms with van der Waals surface area (Å²) in [4.78, 5) is 14.7. The molecule has 41 heavy (non-hydrogen) atoms. The molecule has 0 rings (SSSR count). The molecule has 0 bridgehead atoms. The molecule has 0 amide bonds. The first-order chi connectivity index (χ1) is 20.1. The minimum absolute atomic E-state index is 0.0126. The highest BCUT2D eigenvalue weighted by atomic mass is 32.1. The molecule has 0 aromatic rings. The molecule has 0 aromatic carbocycles. The Bertz CT molecular complexity index is 527. The molecule has 1 unspecified atom stereocenters. The molecular formula is C34H70N2O4S. The Kier molecular flexibility index (Phi) is 33.9. The second kappa shape index (κ2) is 34.2. The first-order valence-corrected chi connectivity index (χ1v) is 18.0. The maximum absolute atomic E-state index is 12.1. The quantitative estimate of drug-likeness (QED) is 0.0331. The Morgan fingerprint density at radius 2 is 1.20 bits per heavy atom. The standard InChI is InChI=1S/C34H70N2O4S/c1-4-6-8-11-16-23-33(3)31-40-34(37)24-17-12-14-19-27-36(28-22-25-35-41)26-18-13-10-15-21-30-39-32-38-29-20-9-7-5-2/h33,35,41H,4-32H2,1-3H3. The van der Waals surface area contributed by atoms with Crippen molar-refractivity contribution in [2.45, 2.75) is 156 Å². The van der Waals surface area contributed by atoms with Crippen LogP contribution >= 0.6 is 12.8 Å². The van der Waals surface area contributed by atoms with Crippen LogP contribution in [0.25, 0.3) is 0 Å². The SMILES string of the molecule is CCCCCCCC(C)COC(=O)CCCCCCN(CCCCCCCOCOCCCCCC)CCCNS. The summed E-state index contributed by atoms with van der Waals surface area (Å²) in [5, 5.41) is 0. The summed E-state index contributed by atoms with van der Waals surface area (Å²) >= 11 is 4.14. The average Bonchev–Trinajstić information content (AvgIpc) is 2.97. The van der Waals surface area contributed by atoms with Gasteiger partial charge in [0.25, 0.3) is 0 Å². The van der Waals surface area contributed by atoms with E-state index in [1.807, 2.05) is 0 Å². The molecule has 1 N–H and O–H groups in total. The van der Waals surface area contributed by atoms with Crippen LogP contribution in [0.2, 0.25) is 0 Å². The van der Waals surface area contributed by atoms with Gasteiger partial charge in [-0.2, -0.15) is 0 Å². The first kappa shape index (κ1) is 40.7. The van der Waals surface area contributed by atoms with Crippen molar-refractivity contribution in [3.63, 3.8) is 0 Å². The third kappa shape index (κ3) is 32.4. The molecule has 0 saturated heterocycles. The Balaban J connectivity index is 3.73. The summed E-state index contributed by atoms with van der Waals surface area (Å²) in [6.07, 6.45) is 25.0. The lowest BCUT2D eigenvalue weighted by Crippen LogP contribution is -2.28. The zero-order valence-electron chi connectivity index (χ0n) is 27.6. The molecular weight excluding hydrogens is 532 g/mol. The Morgan fingerprint density at radius 1 is 0.683 bits per heavy atom. The zero-order chi connectivity index (χ0) is 30.1. The number of esters is 1. The molecule has 0 saturated carbocycles. The van der Waals surface area contributed by atoms with Gasteiger partial charge in [-0.1, -0.05) is 117 Å². The van der Waals surface area contributed by atoms with E-state index in [0.29, 0.717) is 25.7 Å². The lowest BCUT2D eigenvalue weighted by atomic mass is 10.0. The van der Waals surface area contributed by atoms with Crippen molar-refractivity contribution in [3.8, 4) is 0 Å². The van der Waals surface area contributed by atoms with Crippen LogP contribution in [0.1, 0.15) is 156 Å². The van der Waals surface area contributed by atoms with Gasteiger partial charge in [0.1, 0.15) is 6.79 Å². The van der Waals surface area contributed by atoms with Gasteiger partial charge in [-0.05, 0) is 70.5 Å². The van der Waals surface area contributed by atoms with Crippen LogP contribution in [-0.4, -0.2) is 63.7 Å². The van der Waals surface area contributed by atoms with Crippen LogP contribution in [0.5, 0.6) is 0 Å². The normalized spacial score (nSPS) is 12.3. The van der Waals surface area contributed by atoms with Crippen LogP contribution in [0, 0.1) is 5.92 Å². The van der Waals surface area contributed by atoms with Crippen LogP contribution in [0.3, 0.4) is 0 Å². The molecule has 0 aromatic heterocycles. The van der Waals surface area contributed by atoms with Gasteiger partial charge in [0.15, 0.2) is 0 Å². The number of rotatable bonds is 34. The van der Waals surface area contributed by atoms with Gasteiger partial charge < -0.3 is 19.1 Å². The lowest BCUT2D eigenvalue weighted by Gasteiger charge is -2.22. The molecule has 7 heteroatoms. The van der Waals surface area contributed by atoms with E-state index in [1.165, 1.54) is 103 Å². The van der Waals surface area contributed by atoms with Crippen LogP contribution in [0.4, 0.5) is 0 Å². The second-order valence-electron chi connectivity index (χ2n) is 12.0. The predicted octanol–water partition coefficient (Wildman–Crippen LogP) is 9.12. The van der Waals surface area contributed by atoms with E-state index in [9.17, 15) is 4.79 Å². The van der Waals surface area contributed by atoms with E-state index in [1.54, 1.807) is 0 Å². The van der Waals surface area contributed by atoms with E-state index >= 15 is 0 Å². The number of hydrogen-bond acceptors (Lipinski definition) is 7. The number of carbonyl (C=O) groups excluding carboxylic acids is 1. The molecule has 246 valence electrons. The van der Waals surface area contributed by atoms with Crippen molar-refractivity contribution in [1.29, 1.82) is 0 Å². The topological polar surface area (TPSA) is 60.0 Å². The number of nitrogens with one attached hydrogen (secondary N) is 1. The van der Waals surface area contributed by atoms with E-state index in [-0.39, 0.29) is 5.97 Å². The maximum Gasteiger partial charge on any atom is 0.305 e. The van der Waals surface area contributed by atoms with Crippen molar-refractivity contribution in [2.75, 3.05) is 52.8 Å². The van der Waals surface area contributed by atoms with Gasteiger partial charge >= 0.3 is 5.97 Å². The summed E-state index contributed by atoms with van der Waals surface area (Å²) < 4.78 is 19.6. The van der Waals surface area contributed by atoms with Crippen LogP contribution in [0.15, 0.2) is 0 Å². The largest absolute Gasteiger partial charge is 0.465 e. The molecule has 0 radical (unpaired) electrons. The zero-order valence-corrected chi connectivity index (χ0v) is 28.5. The predicted molar refractivity (Wildman–Crippen MR) is 179 cm³/mol.